The highest BCUT2D eigenvalue weighted by Gasteiger charge is 2.35. The molecule has 1 aliphatic carbocycles. The highest BCUT2D eigenvalue weighted by Crippen LogP contribution is 2.48. The first-order valence-corrected chi connectivity index (χ1v) is 7.01. The number of allylic oxidation sites excluding steroid dienone is 2. The van der Waals surface area contributed by atoms with Crippen LogP contribution >= 0.6 is 11.8 Å². The van der Waals surface area contributed by atoms with Crippen molar-refractivity contribution >= 4 is 23.2 Å². The van der Waals surface area contributed by atoms with Crippen LogP contribution in [0.15, 0.2) is 26.9 Å². The van der Waals surface area contributed by atoms with Crippen LogP contribution in [0.2, 0.25) is 0 Å². The number of hydrogen-bond donors (Lipinski definition) is 1. The molecule has 0 atom stereocenters. The zero-order valence-electron chi connectivity index (χ0n) is 11.3. The second-order valence-corrected chi connectivity index (χ2v) is 6.64. The highest BCUT2D eigenvalue weighted by molar-refractivity contribution is 8.04. The number of nitrogens with zero attached hydrogens (tertiary/aromatic N) is 2. The van der Waals surface area contributed by atoms with E-state index in [0.717, 1.165) is 39.9 Å². The van der Waals surface area contributed by atoms with Gasteiger partial charge in [0, 0.05) is 5.70 Å². The Morgan fingerprint density at radius 3 is 2.95 bits per heavy atom. The Balaban J connectivity index is 2.15. The van der Waals surface area contributed by atoms with E-state index in [-0.39, 0.29) is 5.41 Å². The molecule has 0 spiro atoms. The number of ether oxygens (including phenoxy) is 1. The van der Waals surface area contributed by atoms with Crippen LogP contribution < -0.4 is 15.5 Å². The summed E-state index contributed by atoms with van der Waals surface area (Å²) in [6, 6.07) is 0. The van der Waals surface area contributed by atoms with Crippen LogP contribution in [-0.4, -0.2) is 17.8 Å². The molecule has 0 bridgehead atoms. The number of rotatable bonds is 1. The highest BCUT2D eigenvalue weighted by atomic mass is 32.2. The van der Waals surface area contributed by atoms with Crippen molar-refractivity contribution in [2.75, 3.05) is 7.11 Å². The molecule has 1 aliphatic heterocycles. The smallest absolute Gasteiger partial charge is 0.358 e. The fourth-order valence-corrected chi connectivity index (χ4v) is 3.52. The molecule has 19 heavy (non-hydrogen) atoms. The molecule has 2 heterocycles. The Hall–Kier alpha value is -1.56. The molecule has 0 unspecified atom stereocenters. The average molecular weight is 277 g/mol. The zero-order chi connectivity index (χ0) is 13.6. The second kappa shape index (κ2) is 4.23. The third-order valence-corrected chi connectivity index (χ3v) is 4.53. The minimum atomic E-state index is 0.156. The maximum atomic E-state index is 6.21. The summed E-state index contributed by atoms with van der Waals surface area (Å²) in [5, 5.41) is 0.938. The Morgan fingerprint density at radius 2 is 2.21 bits per heavy atom. The molecule has 1 aromatic rings. The molecule has 0 saturated heterocycles. The van der Waals surface area contributed by atoms with Crippen molar-refractivity contribution in [3.8, 4) is 5.88 Å². The lowest BCUT2D eigenvalue weighted by atomic mass is 9.78. The van der Waals surface area contributed by atoms with Gasteiger partial charge in [-0.15, -0.1) is 0 Å². The van der Waals surface area contributed by atoms with E-state index in [1.165, 1.54) is 0 Å². The maximum absolute atomic E-state index is 6.21. The van der Waals surface area contributed by atoms with E-state index in [4.69, 9.17) is 15.5 Å². The van der Waals surface area contributed by atoms with Crippen molar-refractivity contribution in [3.63, 3.8) is 0 Å². The van der Waals surface area contributed by atoms with Crippen LogP contribution in [0.1, 0.15) is 26.7 Å². The number of aromatic amines is 1. The number of hydrogen-bond acceptors (Lipinski definition) is 5. The molecule has 6 heteroatoms. The molecule has 100 valence electrons. The van der Waals surface area contributed by atoms with Gasteiger partial charge in [-0.2, -0.15) is 0 Å². The molecule has 0 amide bonds. The van der Waals surface area contributed by atoms with Crippen molar-refractivity contribution in [2.45, 2.75) is 31.7 Å². The van der Waals surface area contributed by atoms with Crippen LogP contribution in [0.5, 0.6) is 5.88 Å². The normalized spacial score (nSPS) is 20.5. The van der Waals surface area contributed by atoms with Gasteiger partial charge in [-0.05, 0) is 35.0 Å². The molecule has 0 fully saturated rings. The third-order valence-electron chi connectivity index (χ3n) is 3.31. The van der Waals surface area contributed by atoms with Gasteiger partial charge in [0.2, 0.25) is 5.69 Å². The standard InChI is InChI=1S/C13H16N4OS/c1-13(2)4-7(14)10-8(5-13)17-9-11(18-3)15-6-16-12(9)19-10/h6H,4-5,14H2,1-3H3/p+1. The summed E-state index contributed by atoms with van der Waals surface area (Å²) >= 11 is 1.63. The molecule has 0 saturated carbocycles. The van der Waals surface area contributed by atoms with Gasteiger partial charge >= 0.3 is 5.88 Å². The van der Waals surface area contributed by atoms with E-state index >= 15 is 0 Å². The van der Waals surface area contributed by atoms with Crippen LogP contribution in [0.3, 0.4) is 0 Å². The monoisotopic (exact) mass is 277 g/mol. The first kappa shape index (κ1) is 12.5. The predicted molar refractivity (Wildman–Crippen MR) is 74.5 cm³/mol. The molecule has 0 radical (unpaired) electrons. The molecule has 0 aromatic carbocycles. The van der Waals surface area contributed by atoms with Gasteiger partial charge in [0.05, 0.1) is 17.7 Å². The summed E-state index contributed by atoms with van der Waals surface area (Å²) in [7, 11) is 1.61. The zero-order valence-corrected chi connectivity index (χ0v) is 12.1. The third kappa shape index (κ3) is 2.10. The molecule has 1 aromatic heterocycles. The Labute approximate surface area is 116 Å². The number of methoxy groups -OCH3 is 1. The first-order chi connectivity index (χ1) is 9.00. The van der Waals surface area contributed by atoms with Gasteiger partial charge in [-0.3, -0.25) is 0 Å². The topological polar surface area (TPSA) is 74.6 Å². The molecule has 3 rings (SSSR count). The largest absolute Gasteiger partial charge is 0.461 e. The predicted octanol–water partition coefficient (Wildman–Crippen LogP) is 2.07. The molecule has 5 nitrogen and oxygen atoms in total. The van der Waals surface area contributed by atoms with Crippen LogP contribution in [0, 0.1) is 5.41 Å². The molecule has 3 N–H and O–H groups in total. The second-order valence-electron chi connectivity index (χ2n) is 5.62. The number of aliphatic imine (C=N–C) groups is 1. The number of nitrogens with two attached hydrogens (primary N) is 1. The summed E-state index contributed by atoms with van der Waals surface area (Å²) < 4.78 is 5.27. The van der Waals surface area contributed by atoms with Crippen molar-refractivity contribution in [1.82, 2.24) is 4.98 Å². The maximum Gasteiger partial charge on any atom is 0.358 e. The Bertz CT molecular complexity index is 607. The fourth-order valence-electron chi connectivity index (χ4n) is 2.53. The summed E-state index contributed by atoms with van der Waals surface area (Å²) in [6.45, 7) is 4.43. The summed E-state index contributed by atoms with van der Waals surface area (Å²) in [5.74, 6) is 0.551. The number of H-pyrrole nitrogens is 1. The van der Waals surface area contributed by atoms with Crippen molar-refractivity contribution in [2.24, 2.45) is 16.1 Å². The number of fused-ring (bicyclic) bond motifs is 2. The van der Waals surface area contributed by atoms with Crippen molar-refractivity contribution in [1.29, 1.82) is 0 Å². The van der Waals surface area contributed by atoms with Crippen LogP contribution in [0.4, 0.5) is 5.69 Å². The van der Waals surface area contributed by atoms with E-state index in [9.17, 15) is 0 Å². The van der Waals surface area contributed by atoms with Crippen LogP contribution in [0.25, 0.3) is 0 Å². The van der Waals surface area contributed by atoms with E-state index < -0.39 is 0 Å². The van der Waals surface area contributed by atoms with Gasteiger partial charge in [-0.25, -0.2) is 9.98 Å². The van der Waals surface area contributed by atoms with E-state index in [0.29, 0.717) is 5.88 Å². The summed E-state index contributed by atoms with van der Waals surface area (Å²) in [5.41, 5.74) is 9.12. The Morgan fingerprint density at radius 1 is 1.42 bits per heavy atom. The van der Waals surface area contributed by atoms with Gasteiger partial charge in [0.1, 0.15) is 0 Å². The molecular formula is C13H17N4OS+. The lowest BCUT2D eigenvalue weighted by Crippen LogP contribution is -2.29. The molecular weight excluding hydrogens is 260 g/mol. The van der Waals surface area contributed by atoms with Gasteiger partial charge < -0.3 is 10.5 Å². The van der Waals surface area contributed by atoms with Gasteiger partial charge in [0.25, 0.3) is 6.33 Å². The minimum absolute atomic E-state index is 0.156. The first-order valence-electron chi connectivity index (χ1n) is 6.19. The SMILES string of the molecule is COc1nc[nH+]c2c1N=C1CC(C)(C)CC(N)=C1S2. The number of thioether (sulfide) groups is 1. The fraction of sp³-hybridized carbons (Fsp3) is 0.462. The number of nitrogens with one attached hydrogen (secondary N) is 1. The van der Waals surface area contributed by atoms with E-state index in [1.807, 2.05) is 0 Å². The van der Waals surface area contributed by atoms with E-state index in [2.05, 4.69) is 23.8 Å². The summed E-state index contributed by atoms with van der Waals surface area (Å²) in [6.07, 6.45) is 3.45. The van der Waals surface area contributed by atoms with Crippen molar-refractivity contribution in [3.05, 3.63) is 16.9 Å². The number of aromatic nitrogens is 2. The Kier molecular flexibility index (Phi) is 2.78. The molecule has 2 aliphatic rings. The average Bonchev–Trinajstić information content (AvgIpc) is 2.35. The summed E-state index contributed by atoms with van der Waals surface area (Å²) in [4.78, 5) is 13.1. The van der Waals surface area contributed by atoms with E-state index in [1.54, 1.807) is 25.2 Å². The van der Waals surface area contributed by atoms with Gasteiger partial charge in [0.15, 0.2) is 5.03 Å². The lowest BCUT2D eigenvalue weighted by Gasteiger charge is -2.33. The quantitative estimate of drug-likeness (QED) is 0.797. The van der Waals surface area contributed by atoms with Gasteiger partial charge in [-0.1, -0.05) is 13.8 Å². The minimum Gasteiger partial charge on any atom is -0.461 e. The van der Waals surface area contributed by atoms with Crippen molar-refractivity contribution < 1.29 is 9.72 Å². The van der Waals surface area contributed by atoms with Crippen LogP contribution in [-0.2, 0) is 0 Å². The lowest BCUT2D eigenvalue weighted by molar-refractivity contribution is -0.429.